The molecule has 0 saturated heterocycles. The van der Waals surface area contributed by atoms with Crippen LogP contribution in [0.5, 0.6) is 11.5 Å². The van der Waals surface area contributed by atoms with E-state index in [0.717, 1.165) is 28.0 Å². The number of fused-ring (bicyclic) bond motifs is 1. The minimum absolute atomic E-state index is 0.343. The normalized spacial score (nSPS) is 10.6. The Bertz CT molecular complexity index is 1200. The fourth-order valence-electron chi connectivity index (χ4n) is 3.51. The number of benzene rings is 2. The molecule has 0 fully saturated rings. The van der Waals surface area contributed by atoms with Crippen molar-refractivity contribution in [1.29, 1.82) is 0 Å². The van der Waals surface area contributed by atoms with E-state index in [1.165, 1.54) is 0 Å². The lowest BCUT2D eigenvalue weighted by Gasteiger charge is -2.12. The molecular weight excluding hydrogens is 380 g/mol. The van der Waals surface area contributed by atoms with Gasteiger partial charge in [-0.1, -0.05) is 6.07 Å². The van der Waals surface area contributed by atoms with E-state index in [1.54, 1.807) is 44.8 Å². The summed E-state index contributed by atoms with van der Waals surface area (Å²) in [5.41, 5.74) is 4.40. The van der Waals surface area contributed by atoms with Crippen LogP contribution in [0.2, 0.25) is 0 Å². The van der Waals surface area contributed by atoms with E-state index in [-0.39, 0.29) is 6.03 Å². The van der Waals surface area contributed by atoms with E-state index in [4.69, 9.17) is 9.47 Å². The Balaban J connectivity index is 1.61. The molecule has 30 heavy (non-hydrogen) atoms. The molecule has 0 aliphatic rings. The zero-order valence-corrected chi connectivity index (χ0v) is 17.0. The molecule has 2 N–H and O–H groups in total. The number of anilines is 2. The van der Waals surface area contributed by atoms with Crippen molar-refractivity contribution in [3.8, 4) is 17.2 Å². The number of carbonyl (C=O) groups excluding carboxylic acids is 1. The molecule has 0 aliphatic carbocycles. The van der Waals surface area contributed by atoms with Crippen molar-refractivity contribution in [2.24, 2.45) is 0 Å². The summed E-state index contributed by atoms with van der Waals surface area (Å²) in [6.45, 7) is 2.04. The molecule has 2 aromatic heterocycles. The van der Waals surface area contributed by atoms with Gasteiger partial charge in [-0.3, -0.25) is 4.98 Å². The summed E-state index contributed by atoms with van der Waals surface area (Å²) in [6.07, 6.45) is 3.53. The largest absolute Gasteiger partial charge is 0.493 e. The summed E-state index contributed by atoms with van der Waals surface area (Å²) in [6, 6.07) is 16.7. The summed E-state index contributed by atoms with van der Waals surface area (Å²) >= 11 is 0. The number of hydrogen-bond acceptors (Lipinski definition) is 4. The van der Waals surface area contributed by atoms with Crippen molar-refractivity contribution < 1.29 is 14.3 Å². The van der Waals surface area contributed by atoms with Crippen LogP contribution in [0.3, 0.4) is 0 Å². The Hall–Kier alpha value is -4.00. The first-order chi connectivity index (χ1) is 14.6. The molecule has 152 valence electrons. The fourth-order valence-corrected chi connectivity index (χ4v) is 3.51. The number of urea groups is 1. The molecule has 4 rings (SSSR count). The van der Waals surface area contributed by atoms with Crippen LogP contribution in [-0.4, -0.2) is 29.8 Å². The number of nitrogens with one attached hydrogen (secondary N) is 2. The molecule has 0 unspecified atom stereocenters. The number of aryl methyl sites for hydroxylation is 1. The third-order valence-corrected chi connectivity index (χ3v) is 4.84. The van der Waals surface area contributed by atoms with E-state index in [0.29, 0.717) is 17.2 Å². The molecule has 2 heterocycles. The maximum Gasteiger partial charge on any atom is 0.323 e. The molecule has 0 atom stereocenters. The van der Waals surface area contributed by atoms with E-state index in [9.17, 15) is 4.79 Å². The van der Waals surface area contributed by atoms with Crippen LogP contribution in [0.4, 0.5) is 16.2 Å². The molecule has 0 aliphatic heterocycles. The number of amides is 2. The Kier molecular flexibility index (Phi) is 5.26. The molecule has 0 saturated carbocycles. The number of pyridine rings is 1. The molecule has 2 amide bonds. The highest BCUT2D eigenvalue weighted by Gasteiger charge is 2.13. The van der Waals surface area contributed by atoms with Crippen LogP contribution in [0.15, 0.2) is 67.0 Å². The third kappa shape index (κ3) is 3.65. The van der Waals surface area contributed by atoms with Gasteiger partial charge in [0.25, 0.3) is 0 Å². The van der Waals surface area contributed by atoms with Gasteiger partial charge in [-0.2, -0.15) is 0 Å². The van der Waals surface area contributed by atoms with Crippen LogP contribution in [0.25, 0.3) is 16.6 Å². The van der Waals surface area contributed by atoms with Crippen LogP contribution in [0, 0.1) is 6.92 Å². The minimum atomic E-state index is -0.343. The van der Waals surface area contributed by atoms with Gasteiger partial charge >= 0.3 is 6.03 Å². The molecule has 0 bridgehead atoms. The zero-order valence-electron chi connectivity index (χ0n) is 17.0. The van der Waals surface area contributed by atoms with Gasteiger partial charge in [-0.25, -0.2) is 4.79 Å². The van der Waals surface area contributed by atoms with Gasteiger partial charge in [0.05, 0.1) is 25.4 Å². The van der Waals surface area contributed by atoms with Gasteiger partial charge in [-0.05, 0) is 49.4 Å². The number of nitrogens with zero attached hydrogens (tertiary/aromatic N) is 2. The quantitative estimate of drug-likeness (QED) is 0.493. The Morgan fingerprint density at radius 1 is 0.933 bits per heavy atom. The maximum absolute atomic E-state index is 12.6. The Labute approximate surface area is 174 Å². The Morgan fingerprint density at radius 2 is 1.70 bits per heavy atom. The first-order valence-corrected chi connectivity index (χ1v) is 9.42. The number of aromatic nitrogens is 2. The molecule has 7 heteroatoms. The lowest BCUT2D eigenvalue weighted by molar-refractivity contribution is 0.262. The van der Waals surface area contributed by atoms with Gasteiger partial charge in [0, 0.05) is 40.9 Å². The summed E-state index contributed by atoms with van der Waals surface area (Å²) in [5.74, 6) is 1.14. The SMILES string of the molecule is COc1ccc(NC(=O)Nc2cccc3c2cc(C)n3-c2ccncc2)cc1OC. The van der Waals surface area contributed by atoms with E-state index < -0.39 is 0 Å². The highest BCUT2D eigenvalue weighted by Crippen LogP contribution is 2.31. The third-order valence-electron chi connectivity index (χ3n) is 4.84. The predicted molar refractivity (Wildman–Crippen MR) is 118 cm³/mol. The first-order valence-electron chi connectivity index (χ1n) is 9.42. The molecule has 4 aromatic rings. The number of methoxy groups -OCH3 is 2. The fraction of sp³-hybridized carbons (Fsp3) is 0.130. The van der Waals surface area contributed by atoms with Crippen LogP contribution in [0.1, 0.15) is 5.69 Å². The number of hydrogen-bond donors (Lipinski definition) is 2. The minimum Gasteiger partial charge on any atom is -0.493 e. The van der Waals surface area contributed by atoms with E-state index >= 15 is 0 Å². The smallest absolute Gasteiger partial charge is 0.323 e. The van der Waals surface area contributed by atoms with E-state index in [1.807, 2.05) is 37.3 Å². The number of rotatable bonds is 5. The summed E-state index contributed by atoms with van der Waals surface area (Å²) in [5, 5.41) is 6.73. The lowest BCUT2D eigenvalue weighted by atomic mass is 10.2. The topological polar surface area (TPSA) is 77.4 Å². The molecular formula is C23H22N4O3. The van der Waals surface area contributed by atoms with Crippen molar-refractivity contribution in [2.45, 2.75) is 6.92 Å². The van der Waals surface area contributed by atoms with Crippen molar-refractivity contribution in [2.75, 3.05) is 24.9 Å². The highest BCUT2D eigenvalue weighted by molar-refractivity contribution is 6.06. The van der Waals surface area contributed by atoms with Crippen molar-refractivity contribution in [1.82, 2.24) is 9.55 Å². The van der Waals surface area contributed by atoms with Gasteiger partial charge in [-0.15, -0.1) is 0 Å². The second-order valence-corrected chi connectivity index (χ2v) is 6.71. The second kappa shape index (κ2) is 8.16. The Morgan fingerprint density at radius 3 is 2.43 bits per heavy atom. The van der Waals surface area contributed by atoms with Gasteiger partial charge in [0.1, 0.15) is 0 Å². The van der Waals surface area contributed by atoms with Gasteiger partial charge < -0.3 is 24.7 Å². The molecule has 0 radical (unpaired) electrons. The standard InChI is InChI=1S/C23H22N4O3/c1-15-13-18-19(5-4-6-20(18)27(15)17-9-11-24-12-10-17)26-23(28)25-16-7-8-21(29-2)22(14-16)30-3/h4-14H,1-3H3,(H2,25,26,28). The van der Waals surface area contributed by atoms with Gasteiger partial charge in [0.15, 0.2) is 11.5 Å². The predicted octanol–water partition coefficient (Wildman–Crippen LogP) is 5.00. The van der Waals surface area contributed by atoms with Crippen LogP contribution >= 0.6 is 0 Å². The summed E-state index contributed by atoms with van der Waals surface area (Å²) in [4.78, 5) is 16.7. The van der Waals surface area contributed by atoms with Crippen LogP contribution in [-0.2, 0) is 0 Å². The van der Waals surface area contributed by atoms with Crippen molar-refractivity contribution in [3.63, 3.8) is 0 Å². The summed E-state index contributed by atoms with van der Waals surface area (Å²) < 4.78 is 12.7. The van der Waals surface area contributed by atoms with Crippen LogP contribution < -0.4 is 20.1 Å². The lowest BCUT2D eigenvalue weighted by Crippen LogP contribution is -2.19. The summed E-state index contributed by atoms with van der Waals surface area (Å²) in [7, 11) is 3.12. The van der Waals surface area contributed by atoms with Crippen molar-refractivity contribution >= 4 is 28.3 Å². The molecule has 7 nitrogen and oxygen atoms in total. The second-order valence-electron chi connectivity index (χ2n) is 6.71. The maximum atomic E-state index is 12.6. The highest BCUT2D eigenvalue weighted by atomic mass is 16.5. The van der Waals surface area contributed by atoms with Gasteiger partial charge in [0.2, 0.25) is 0 Å². The van der Waals surface area contributed by atoms with E-state index in [2.05, 4.69) is 26.3 Å². The molecule has 0 spiro atoms. The average molecular weight is 402 g/mol. The van der Waals surface area contributed by atoms with Crippen molar-refractivity contribution in [3.05, 3.63) is 72.7 Å². The zero-order chi connectivity index (χ0) is 21.1. The monoisotopic (exact) mass is 402 g/mol. The number of carbonyl (C=O) groups is 1. The average Bonchev–Trinajstić information content (AvgIpc) is 3.11. The first kappa shape index (κ1) is 19.3. The molecule has 2 aromatic carbocycles. The number of ether oxygens (including phenoxy) is 2.